The van der Waals surface area contributed by atoms with Crippen LogP contribution in [0.4, 0.5) is 0 Å². The Morgan fingerprint density at radius 3 is 2.56 bits per heavy atom. The molecule has 0 aliphatic carbocycles. The van der Waals surface area contributed by atoms with Gasteiger partial charge >= 0.3 is 0 Å². The highest BCUT2D eigenvalue weighted by atomic mass is 35.5. The highest BCUT2D eigenvalue weighted by Gasteiger charge is 2.20. The third-order valence-corrected chi connectivity index (χ3v) is 4.80. The Morgan fingerprint density at radius 1 is 1.19 bits per heavy atom. The SMILES string of the molecule is COc1ccc(C(CNC(=O)C(C)CN)c2c[nH]c3ccccc23)cc1.Cl. The second-order valence-corrected chi connectivity index (χ2v) is 6.50. The molecule has 0 saturated carbocycles. The maximum absolute atomic E-state index is 12.2. The number of aromatic amines is 1. The van der Waals surface area contributed by atoms with E-state index >= 15 is 0 Å². The van der Waals surface area contributed by atoms with Crippen molar-refractivity contribution in [2.24, 2.45) is 11.7 Å². The first-order valence-electron chi connectivity index (χ1n) is 8.81. The van der Waals surface area contributed by atoms with Gasteiger partial charge in [-0.1, -0.05) is 37.3 Å². The minimum atomic E-state index is -0.200. The first kappa shape index (κ1) is 20.8. The van der Waals surface area contributed by atoms with Gasteiger partial charge in [-0.25, -0.2) is 0 Å². The summed E-state index contributed by atoms with van der Waals surface area (Å²) in [5.41, 5.74) is 8.98. The number of amides is 1. The molecule has 1 aromatic heterocycles. The van der Waals surface area contributed by atoms with Crippen LogP contribution in [0.15, 0.2) is 54.7 Å². The molecule has 0 aliphatic rings. The zero-order chi connectivity index (χ0) is 18.5. The number of carbonyl (C=O) groups excluding carboxylic acids is 1. The summed E-state index contributed by atoms with van der Waals surface area (Å²) in [5, 5.41) is 4.21. The fraction of sp³-hybridized carbons (Fsp3) is 0.286. The van der Waals surface area contributed by atoms with Crippen LogP contribution in [0.5, 0.6) is 5.75 Å². The van der Waals surface area contributed by atoms with Gasteiger partial charge in [-0.05, 0) is 29.3 Å². The molecule has 0 spiro atoms. The van der Waals surface area contributed by atoms with E-state index in [9.17, 15) is 4.79 Å². The lowest BCUT2D eigenvalue weighted by molar-refractivity contribution is -0.124. The molecule has 27 heavy (non-hydrogen) atoms. The summed E-state index contributed by atoms with van der Waals surface area (Å²) in [7, 11) is 1.65. The number of aromatic nitrogens is 1. The Labute approximate surface area is 165 Å². The molecular formula is C21H26ClN3O2. The molecular weight excluding hydrogens is 362 g/mol. The lowest BCUT2D eigenvalue weighted by Gasteiger charge is -2.20. The second-order valence-electron chi connectivity index (χ2n) is 6.50. The Balaban J connectivity index is 0.00000261. The number of carbonyl (C=O) groups is 1. The van der Waals surface area contributed by atoms with Crippen LogP contribution in [0.3, 0.4) is 0 Å². The summed E-state index contributed by atoms with van der Waals surface area (Å²) < 4.78 is 5.26. The van der Waals surface area contributed by atoms with Crippen LogP contribution in [0.2, 0.25) is 0 Å². The average Bonchev–Trinajstić information content (AvgIpc) is 3.12. The van der Waals surface area contributed by atoms with Gasteiger partial charge in [-0.2, -0.15) is 0 Å². The van der Waals surface area contributed by atoms with Crippen molar-refractivity contribution in [3.8, 4) is 5.75 Å². The highest BCUT2D eigenvalue weighted by Crippen LogP contribution is 2.31. The summed E-state index contributed by atoms with van der Waals surface area (Å²) in [6.07, 6.45) is 2.03. The van der Waals surface area contributed by atoms with Gasteiger partial charge in [0, 0.05) is 42.0 Å². The molecule has 5 nitrogen and oxygen atoms in total. The van der Waals surface area contributed by atoms with Crippen molar-refractivity contribution >= 4 is 29.2 Å². The summed E-state index contributed by atoms with van der Waals surface area (Å²) in [6.45, 7) is 2.69. The van der Waals surface area contributed by atoms with E-state index in [2.05, 4.69) is 22.4 Å². The third kappa shape index (κ3) is 4.62. The molecule has 3 rings (SSSR count). The van der Waals surface area contributed by atoms with E-state index < -0.39 is 0 Å². The van der Waals surface area contributed by atoms with Crippen LogP contribution in [0.25, 0.3) is 10.9 Å². The highest BCUT2D eigenvalue weighted by molar-refractivity contribution is 5.85. The molecule has 0 bridgehead atoms. The van der Waals surface area contributed by atoms with Gasteiger partial charge in [-0.15, -0.1) is 12.4 Å². The van der Waals surface area contributed by atoms with Gasteiger partial charge in [0.2, 0.25) is 5.91 Å². The van der Waals surface area contributed by atoms with Gasteiger partial charge in [0.1, 0.15) is 5.75 Å². The maximum atomic E-state index is 12.2. The molecule has 0 radical (unpaired) electrons. The molecule has 0 saturated heterocycles. The number of H-pyrrole nitrogens is 1. The third-order valence-electron chi connectivity index (χ3n) is 4.80. The zero-order valence-electron chi connectivity index (χ0n) is 15.6. The number of methoxy groups -OCH3 is 1. The number of hydrogen-bond donors (Lipinski definition) is 3. The molecule has 144 valence electrons. The average molecular weight is 388 g/mol. The molecule has 1 amide bonds. The Kier molecular flexibility index (Phi) is 7.28. The monoisotopic (exact) mass is 387 g/mol. The minimum absolute atomic E-state index is 0. The quantitative estimate of drug-likeness (QED) is 0.581. The smallest absolute Gasteiger partial charge is 0.224 e. The summed E-state index contributed by atoms with van der Waals surface area (Å²) in [5.74, 6) is 0.624. The number of rotatable bonds is 7. The van der Waals surface area contributed by atoms with E-state index in [1.807, 2.05) is 49.5 Å². The Hall–Kier alpha value is -2.50. The molecule has 4 N–H and O–H groups in total. The Bertz CT molecular complexity index is 877. The van der Waals surface area contributed by atoms with Gasteiger partial charge in [0.25, 0.3) is 0 Å². The largest absolute Gasteiger partial charge is 0.497 e. The number of fused-ring (bicyclic) bond motifs is 1. The first-order chi connectivity index (χ1) is 12.6. The molecule has 6 heteroatoms. The number of para-hydroxylation sites is 1. The van der Waals surface area contributed by atoms with Crippen LogP contribution >= 0.6 is 12.4 Å². The number of nitrogens with one attached hydrogen (secondary N) is 2. The van der Waals surface area contributed by atoms with Gasteiger partial charge in [-0.3, -0.25) is 4.79 Å². The summed E-state index contributed by atoms with van der Waals surface area (Å²) >= 11 is 0. The van der Waals surface area contributed by atoms with E-state index in [0.717, 1.165) is 27.8 Å². The molecule has 0 fully saturated rings. The van der Waals surface area contributed by atoms with Crippen LogP contribution in [-0.4, -0.2) is 31.1 Å². The fourth-order valence-corrected chi connectivity index (χ4v) is 3.11. The van der Waals surface area contributed by atoms with Crippen molar-refractivity contribution in [1.82, 2.24) is 10.3 Å². The van der Waals surface area contributed by atoms with Crippen molar-refractivity contribution in [2.75, 3.05) is 20.2 Å². The van der Waals surface area contributed by atoms with Crippen LogP contribution < -0.4 is 15.8 Å². The van der Waals surface area contributed by atoms with Crippen LogP contribution in [0, 0.1) is 5.92 Å². The van der Waals surface area contributed by atoms with E-state index in [4.69, 9.17) is 10.5 Å². The molecule has 0 aliphatic heterocycles. The van der Waals surface area contributed by atoms with E-state index in [1.165, 1.54) is 0 Å². The van der Waals surface area contributed by atoms with E-state index in [0.29, 0.717) is 13.1 Å². The Morgan fingerprint density at radius 2 is 1.89 bits per heavy atom. The topological polar surface area (TPSA) is 80.1 Å². The number of halogens is 1. The second kappa shape index (κ2) is 9.44. The number of benzene rings is 2. The number of ether oxygens (including phenoxy) is 1. The van der Waals surface area contributed by atoms with Crippen molar-refractivity contribution in [3.63, 3.8) is 0 Å². The van der Waals surface area contributed by atoms with Crippen molar-refractivity contribution in [2.45, 2.75) is 12.8 Å². The standard InChI is InChI=1S/C21H25N3O2.ClH/c1-14(11-22)21(25)24-12-18(15-7-9-16(26-2)10-8-15)19-13-23-20-6-4-3-5-17(19)20;/h3-10,13-14,18,23H,11-12,22H2,1-2H3,(H,24,25);1H. The predicted molar refractivity (Wildman–Crippen MR) is 112 cm³/mol. The molecule has 2 atom stereocenters. The van der Waals surface area contributed by atoms with Gasteiger partial charge in [0.15, 0.2) is 0 Å². The zero-order valence-corrected chi connectivity index (χ0v) is 16.4. The van der Waals surface area contributed by atoms with Gasteiger partial charge in [0.05, 0.1) is 7.11 Å². The van der Waals surface area contributed by atoms with E-state index in [1.54, 1.807) is 7.11 Å². The molecule has 2 aromatic carbocycles. The summed E-state index contributed by atoms with van der Waals surface area (Å²) in [4.78, 5) is 15.5. The molecule has 2 unspecified atom stereocenters. The number of hydrogen-bond acceptors (Lipinski definition) is 3. The lowest BCUT2D eigenvalue weighted by Crippen LogP contribution is -2.36. The van der Waals surface area contributed by atoms with Crippen LogP contribution in [0.1, 0.15) is 24.0 Å². The molecule has 1 heterocycles. The minimum Gasteiger partial charge on any atom is -0.497 e. The van der Waals surface area contributed by atoms with Crippen LogP contribution in [-0.2, 0) is 4.79 Å². The number of nitrogens with two attached hydrogens (primary N) is 1. The lowest BCUT2D eigenvalue weighted by atomic mass is 9.90. The van der Waals surface area contributed by atoms with E-state index in [-0.39, 0.29) is 30.2 Å². The predicted octanol–water partition coefficient (Wildman–Crippen LogP) is 3.44. The fourth-order valence-electron chi connectivity index (χ4n) is 3.11. The summed E-state index contributed by atoms with van der Waals surface area (Å²) in [6, 6.07) is 16.2. The maximum Gasteiger partial charge on any atom is 0.224 e. The van der Waals surface area contributed by atoms with Crippen molar-refractivity contribution in [3.05, 3.63) is 65.9 Å². The van der Waals surface area contributed by atoms with Gasteiger partial charge < -0.3 is 20.8 Å². The van der Waals surface area contributed by atoms with Crippen molar-refractivity contribution in [1.29, 1.82) is 0 Å². The first-order valence-corrected chi connectivity index (χ1v) is 8.81. The molecule has 3 aromatic rings. The van der Waals surface area contributed by atoms with Crippen molar-refractivity contribution < 1.29 is 9.53 Å². The normalized spacial score (nSPS) is 12.9.